The van der Waals surface area contributed by atoms with E-state index in [0.29, 0.717) is 17.3 Å². The Labute approximate surface area is 160 Å². The largest absolute Gasteiger partial charge is 0.480 e. The number of benzene rings is 2. The molecule has 3 rings (SSSR count). The molecule has 1 aliphatic heterocycles. The Balaban J connectivity index is 1.85. The summed E-state index contributed by atoms with van der Waals surface area (Å²) in [6.45, 7) is 0. The summed E-state index contributed by atoms with van der Waals surface area (Å²) in [4.78, 5) is 25.4. The molecule has 0 saturated carbocycles. The zero-order valence-corrected chi connectivity index (χ0v) is 15.4. The maximum Gasteiger partial charge on any atom is 0.327 e. The molecule has 2 aromatic rings. The quantitative estimate of drug-likeness (QED) is 0.750. The summed E-state index contributed by atoms with van der Waals surface area (Å²) < 4.78 is 5.85. The van der Waals surface area contributed by atoms with Crippen molar-refractivity contribution in [3.8, 4) is 11.5 Å². The highest BCUT2D eigenvalue weighted by atomic mass is 35.5. The monoisotopic (exact) mass is 391 g/mol. The lowest BCUT2D eigenvalue weighted by Crippen LogP contribution is -2.43. The number of thioether (sulfide) groups is 1. The molecule has 1 N–H and O–H groups in total. The van der Waals surface area contributed by atoms with E-state index in [9.17, 15) is 14.7 Å². The molecule has 0 radical (unpaired) electrons. The predicted octanol–water partition coefficient (Wildman–Crippen LogP) is 4.14. The molecule has 1 aliphatic rings. The molecule has 26 heavy (non-hydrogen) atoms. The van der Waals surface area contributed by atoms with E-state index >= 15 is 0 Å². The van der Waals surface area contributed by atoms with Gasteiger partial charge in [0.2, 0.25) is 5.91 Å². The maximum atomic E-state index is 12.5. The lowest BCUT2D eigenvalue weighted by molar-refractivity contribution is -0.149. The topological polar surface area (TPSA) is 66.8 Å². The van der Waals surface area contributed by atoms with E-state index in [-0.39, 0.29) is 23.6 Å². The van der Waals surface area contributed by atoms with Crippen LogP contribution in [0.1, 0.15) is 17.4 Å². The number of alkyl halides is 1. The van der Waals surface area contributed by atoms with Crippen LogP contribution in [0.2, 0.25) is 0 Å². The number of rotatable bonds is 6. The summed E-state index contributed by atoms with van der Waals surface area (Å²) in [6, 6.07) is 15.9. The SMILES string of the molecule is O=C(O)C1CSC(c2cccc(Oc3ccccc3)c2)N1C(=O)CCCl. The molecular formula is C19H18ClNO4S. The first kappa shape index (κ1) is 18.6. The number of carbonyl (C=O) groups is 2. The van der Waals surface area contributed by atoms with Crippen LogP contribution in [0.15, 0.2) is 54.6 Å². The normalized spacial score (nSPS) is 19.3. The van der Waals surface area contributed by atoms with E-state index in [1.807, 2.05) is 54.6 Å². The average molecular weight is 392 g/mol. The van der Waals surface area contributed by atoms with Gasteiger partial charge in [0.1, 0.15) is 22.9 Å². The van der Waals surface area contributed by atoms with Crippen molar-refractivity contribution in [2.24, 2.45) is 0 Å². The number of aliphatic carboxylic acids is 1. The summed E-state index contributed by atoms with van der Waals surface area (Å²) in [5, 5.41) is 9.08. The third-order valence-corrected chi connectivity index (χ3v) is 5.52. The highest BCUT2D eigenvalue weighted by Gasteiger charge is 2.42. The maximum absolute atomic E-state index is 12.5. The third kappa shape index (κ3) is 4.14. The fourth-order valence-electron chi connectivity index (χ4n) is 2.82. The van der Waals surface area contributed by atoms with Crippen LogP contribution in [0.3, 0.4) is 0 Å². The Morgan fingerprint density at radius 3 is 2.58 bits per heavy atom. The Morgan fingerprint density at radius 1 is 1.15 bits per heavy atom. The van der Waals surface area contributed by atoms with Crippen molar-refractivity contribution in [1.82, 2.24) is 4.90 Å². The number of nitrogens with zero attached hydrogens (tertiary/aromatic N) is 1. The van der Waals surface area contributed by atoms with E-state index in [1.54, 1.807) is 0 Å². The standard InChI is InChI=1S/C19H18ClNO4S/c20-10-9-17(22)21-16(19(23)24)12-26-18(21)13-5-4-8-15(11-13)25-14-6-2-1-3-7-14/h1-8,11,16,18H,9-10,12H2,(H,23,24). The van der Waals surface area contributed by atoms with Crippen molar-refractivity contribution in [1.29, 1.82) is 0 Å². The van der Waals surface area contributed by atoms with Gasteiger partial charge >= 0.3 is 5.97 Å². The van der Waals surface area contributed by atoms with Crippen LogP contribution in [-0.4, -0.2) is 39.6 Å². The first-order valence-corrected chi connectivity index (χ1v) is 9.73. The van der Waals surface area contributed by atoms with Crippen LogP contribution < -0.4 is 4.74 Å². The van der Waals surface area contributed by atoms with Crippen LogP contribution in [0.4, 0.5) is 0 Å². The van der Waals surface area contributed by atoms with Gasteiger partial charge in [0, 0.05) is 18.1 Å². The van der Waals surface area contributed by atoms with Crippen molar-refractivity contribution in [2.75, 3.05) is 11.6 Å². The second-order valence-electron chi connectivity index (χ2n) is 5.77. The molecule has 1 fully saturated rings. The lowest BCUT2D eigenvalue weighted by atomic mass is 10.1. The number of para-hydroxylation sites is 1. The Kier molecular flexibility index (Phi) is 6.06. The second kappa shape index (κ2) is 8.47. The van der Waals surface area contributed by atoms with Gasteiger partial charge in [-0.05, 0) is 29.8 Å². The molecule has 2 unspecified atom stereocenters. The molecule has 1 saturated heterocycles. The minimum atomic E-state index is -1.00. The van der Waals surface area contributed by atoms with Crippen LogP contribution in [0, 0.1) is 0 Å². The zero-order chi connectivity index (χ0) is 18.5. The fourth-order valence-corrected chi connectivity index (χ4v) is 4.42. The zero-order valence-electron chi connectivity index (χ0n) is 13.9. The van der Waals surface area contributed by atoms with Gasteiger partial charge in [-0.15, -0.1) is 23.4 Å². The fraction of sp³-hybridized carbons (Fsp3) is 0.263. The van der Waals surface area contributed by atoms with Gasteiger partial charge in [-0.3, -0.25) is 4.79 Å². The highest BCUT2D eigenvalue weighted by molar-refractivity contribution is 7.99. The van der Waals surface area contributed by atoms with Gasteiger partial charge in [-0.25, -0.2) is 4.79 Å². The predicted molar refractivity (Wildman–Crippen MR) is 102 cm³/mol. The number of ether oxygens (including phenoxy) is 1. The van der Waals surface area contributed by atoms with Crippen molar-refractivity contribution in [3.63, 3.8) is 0 Å². The molecular weight excluding hydrogens is 374 g/mol. The number of halogens is 1. The molecule has 136 valence electrons. The second-order valence-corrected chi connectivity index (χ2v) is 7.26. The summed E-state index contributed by atoms with van der Waals surface area (Å²) >= 11 is 7.12. The molecule has 2 aromatic carbocycles. The number of carboxylic acid groups (broad SMARTS) is 1. The van der Waals surface area contributed by atoms with E-state index in [2.05, 4.69) is 0 Å². The van der Waals surface area contributed by atoms with Crippen molar-refractivity contribution >= 4 is 35.2 Å². The first-order chi connectivity index (χ1) is 12.6. The molecule has 0 aromatic heterocycles. The van der Waals surface area contributed by atoms with Gasteiger partial charge in [-0.2, -0.15) is 0 Å². The van der Waals surface area contributed by atoms with Crippen LogP contribution in [0.25, 0.3) is 0 Å². The van der Waals surface area contributed by atoms with Gasteiger partial charge in [0.25, 0.3) is 0 Å². The minimum absolute atomic E-state index is 0.114. The van der Waals surface area contributed by atoms with Gasteiger partial charge in [0.15, 0.2) is 0 Å². The molecule has 0 bridgehead atoms. The van der Waals surface area contributed by atoms with E-state index in [4.69, 9.17) is 16.3 Å². The average Bonchev–Trinajstić information content (AvgIpc) is 3.08. The Morgan fingerprint density at radius 2 is 1.88 bits per heavy atom. The van der Waals surface area contributed by atoms with Gasteiger partial charge < -0.3 is 14.7 Å². The molecule has 1 heterocycles. The summed E-state index contributed by atoms with van der Waals surface area (Å²) in [6.07, 6.45) is 0.114. The number of amides is 1. The molecule has 0 spiro atoms. The van der Waals surface area contributed by atoms with Crippen LogP contribution >= 0.6 is 23.4 Å². The van der Waals surface area contributed by atoms with Crippen LogP contribution in [0.5, 0.6) is 11.5 Å². The lowest BCUT2D eigenvalue weighted by Gasteiger charge is -2.27. The highest BCUT2D eigenvalue weighted by Crippen LogP contribution is 2.42. The Hall–Kier alpha value is -2.18. The molecule has 7 heteroatoms. The van der Waals surface area contributed by atoms with Gasteiger partial charge in [0.05, 0.1) is 0 Å². The number of carbonyl (C=O) groups excluding carboxylic acids is 1. The summed E-state index contributed by atoms with van der Waals surface area (Å²) in [5.41, 5.74) is 0.829. The van der Waals surface area contributed by atoms with Crippen molar-refractivity contribution < 1.29 is 19.4 Å². The molecule has 1 amide bonds. The number of hydrogen-bond acceptors (Lipinski definition) is 4. The Bertz CT molecular complexity index is 786. The van der Waals surface area contributed by atoms with E-state index in [0.717, 1.165) is 5.56 Å². The van der Waals surface area contributed by atoms with E-state index < -0.39 is 12.0 Å². The molecule has 2 atom stereocenters. The minimum Gasteiger partial charge on any atom is -0.480 e. The van der Waals surface area contributed by atoms with E-state index in [1.165, 1.54) is 16.7 Å². The van der Waals surface area contributed by atoms with Crippen molar-refractivity contribution in [3.05, 3.63) is 60.2 Å². The smallest absolute Gasteiger partial charge is 0.327 e. The number of hydrogen-bond donors (Lipinski definition) is 1. The van der Waals surface area contributed by atoms with Gasteiger partial charge in [-0.1, -0.05) is 30.3 Å². The van der Waals surface area contributed by atoms with Crippen LogP contribution in [-0.2, 0) is 9.59 Å². The van der Waals surface area contributed by atoms with Crippen molar-refractivity contribution in [2.45, 2.75) is 17.8 Å². The molecule has 5 nitrogen and oxygen atoms in total. The first-order valence-electron chi connectivity index (χ1n) is 8.14. The summed E-state index contributed by atoms with van der Waals surface area (Å²) in [7, 11) is 0. The molecule has 0 aliphatic carbocycles. The number of carboxylic acids is 1. The third-order valence-electron chi connectivity index (χ3n) is 4.00. The summed E-state index contributed by atoms with van der Waals surface area (Å²) in [5.74, 6) is 0.602.